The molecule has 0 saturated carbocycles. The van der Waals surface area contributed by atoms with Crippen molar-refractivity contribution in [1.82, 2.24) is 0 Å². The van der Waals surface area contributed by atoms with Gasteiger partial charge in [-0.3, -0.25) is 0 Å². The van der Waals surface area contributed by atoms with Crippen molar-refractivity contribution in [3.8, 4) is 11.5 Å². The lowest BCUT2D eigenvalue weighted by atomic mass is 10.2. The van der Waals surface area contributed by atoms with Crippen LogP contribution in [0.4, 0.5) is 0 Å². The van der Waals surface area contributed by atoms with Gasteiger partial charge in [0.2, 0.25) is 0 Å². The Hall–Kier alpha value is -2.01. The van der Waals surface area contributed by atoms with E-state index in [0.717, 1.165) is 11.6 Å². The van der Waals surface area contributed by atoms with Gasteiger partial charge >= 0.3 is 5.97 Å². The predicted molar refractivity (Wildman–Crippen MR) is 71.6 cm³/mol. The number of methoxy groups -OCH3 is 2. The van der Waals surface area contributed by atoms with Crippen LogP contribution in [0.5, 0.6) is 11.5 Å². The first-order chi connectivity index (χ1) is 9.06. The van der Waals surface area contributed by atoms with Crippen LogP contribution in [0.15, 0.2) is 24.3 Å². The maximum Gasteiger partial charge on any atom is 0.328 e. The predicted octanol–water partition coefficient (Wildman–Crippen LogP) is 2.21. The molecule has 0 aliphatic carbocycles. The smallest absolute Gasteiger partial charge is 0.328 e. The van der Waals surface area contributed by atoms with Gasteiger partial charge in [-0.25, -0.2) is 4.79 Å². The van der Waals surface area contributed by atoms with Crippen LogP contribution >= 0.6 is 0 Å². The van der Waals surface area contributed by atoms with Gasteiger partial charge in [0, 0.05) is 13.2 Å². The summed E-state index contributed by atoms with van der Waals surface area (Å²) in [6.07, 6.45) is 2.53. The summed E-state index contributed by atoms with van der Waals surface area (Å²) in [4.78, 5) is 10.5. The van der Waals surface area contributed by atoms with Crippen molar-refractivity contribution < 1.29 is 24.1 Å². The molecule has 0 bridgehead atoms. The van der Waals surface area contributed by atoms with Crippen LogP contribution in [-0.2, 0) is 9.53 Å². The van der Waals surface area contributed by atoms with Gasteiger partial charge in [-0.15, -0.1) is 0 Å². The maximum absolute atomic E-state index is 10.5. The summed E-state index contributed by atoms with van der Waals surface area (Å²) >= 11 is 0. The number of benzene rings is 1. The van der Waals surface area contributed by atoms with Gasteiger partial charge in [-0.05, 0) is 30.7 Å². The largest absolute Gasteiger partial charge is 0.493 e. The lowest BCUT2D eigenvalue weighted by Gasteiger charge is -2.14. The molecule has 1 atom stereocenters. The molecule has 1 N–H and O–H groups in total. The van der Waals surface area contributed by atoms with E-state index in [1.54, 1.807) is 32.4 Å². The highest BCUT2D eigenvalue weighted by atomic mass is 16.5. The molecule has 0 heterocycles. The number of hydrogen-bond acceptors (Lipinski definition) is 4. The van der Waals surface area contributed by atoms with Crippen LogP contribution in [0.1, 0.15) is 12.5 Å². The minimum atomic E-state index is -0.994. The van der Waals surface area contributed by atoms with Crippen molar-refractivity contribution in [2.75, 3.05) is 20.8 Å². The second-order valence-corrected chi connectivity index (χ2v) is 3.94. The number of ether oxygens (including phenoxy) is 3. The average molecular weight is 266 g/mol. The topological polar surface area (TPSA) is 65.0 Å². The molecule has 5 nitrogen and oxygen atoms in total. The van der Waals surface area contributed by atoms with E-state index in [1.807, 2.05) is 6.92 Å². The van der Waals surface area contributed by atoms with E-state index in [0.29, 0.717) is 18.1 Å². The molecule has 0 spiro atoms. The Balaban J connectivity index is 2.86. The molecule has 0 fully saturated rings. The monoisotopic (exact) mass is 266 g/mol. The molecule has 0 aromatic heterocycles. The van der Waals surface area contributed by atoms with Gasteiger partial charge in [0.15, 0.2) is 11.5 Å². The molecule has 0 radical (unpaired) electrons. The number of carbonyl (C=O) groups is 1. The van der Waals surface area contributed by atoms with E-state index in [4.69, 9.17) is 19.3 Å². The third-order valence-electron chi connectivity index (χ3n) is 2.48. The summed E-state index contributed by atoms with van der Waals surface area (Å²) in [6, 6.07) is 5.21. The van der Waals surface area contributed by atoms with Crippen LogP contribution in [0.3, 0.4) is 0 Å². The quantitative estimate of drug-likeness (QED) is 0.766. The molecule has 1 unspecified atom stereocenters. The Morgan fingerprint density at radius 2 is 2.11 bits per heavy atom. The number of carboxylic acids is 1. The normalized spacial score (nSPS) is 12.4. The lowest BCUT2D eigenvalue weighted by molar-refractivity contribution is -0.131. The summed E-state index contributed by atoms with van der Waals surface area (Å²) in [6.45, 7) is 2.28. The second kappa shape index (κ2) is 7.43. The lowest BCUT2D eigenvalue weighted by Crippen LogP contribution is -2.16. The van der Waals surface area contributed by atoms with E-state index < -0.39 is 5.97 Å². The fourth-order valence-corrected chi connectivity index (χ4v) is 1.35. The fourth-order valence-electron chi connectivity index (χ4n) is 1.35. The van der Waals surface area contributed by atoms with Crippen molar-refractivity contribution in [3.63, 3.8) is 0 Å². The molecule has 5 heteroatoms. The van der Waals surface area contributed by atoms with Crippen molar-refractivity contribution >= 4 is 12.0 Å². The summed E-state index contributed by atoms with van der Waals surface area (Å²) in [7, 11) is 3.16. The molecule has 0 saturated heterocycles. The molecule has 19 heavy (non-hydrogen) atoms. The van der Waals surface area contributed by atoms with Gasteiger partial charge in [0.1, 0.15) is 6.61 Å². The average Bonchev–Trinajstić information content (AvgIpc) is 2.42. The Kier molecular flexibility index (Phi) is 5.89. The summed E-state index contributed by atoms with van der Waals surface area (Å²) in [5, 5.41) is 8.59. The molecule has 1 rings (SSSR count). The van der Waals surface area contributed by atoms with E-state index in [9.17, 15) is 4.79 Å². The number of carboxylic acid groups (broad SMARTS) is 1. The maximum atomic E-state index is 10.5. The Labute approximate surface area is 112 Å². The van der Waals surface area contributed by atoms with E-state index in [2.05, 4.69) is 0 Å². The van der Waals surface area contributed by atoms with Crippen LogP contribution in [0.25, 0.3) is 6.08 Å². The molecule has 0 amide bonds. The Morgan fingerprint density at radius 1 is 1.37 bits per heavy atom. The Morgan fingerprint density at radius 3 is 2.68 bits per heavy atom. The summed E-state index contributed by atoms with van der Waals surface area (Å²) in [5.74, 6) is 0.154. The molecular formula is C14H18O5. The third kappa shape index (κ3) is 5.01. The highest BCUT2D eigenvalue weighted by Gasteiger charge is 2.07. The van der Waals surface area contributed by atoms with Crippen LogP contribution in [-0.4, -0.2) is 38.0 Å². The van der Waals surface area contributed by atoms with E-state index in [1.165, 1.54) is 6.08 Å². The van der Waals surface area contributed by atoms with Crippen LogP contribution < -0.4 is 9.47 Å². The van der Waals surface area contributed by atoms with Gasteiger partial charge in [0.25, 0.3) is 0 Å². The molecule has 1 aromatic carbocycles. The number of hydrogen-bond donors (Lipinski definition) is 1. The van der Waals surface area contributed by atoms with Gasteiger partial charge < -0.3 is 19.3 Å². The highest BCUT2D eigenvalue weighted by Crippen LogP contribution is 2.28. The zero-order valence-corrected chi connectivity index (χ0v) is 11.3. The summed E-state index contributed by atoms with van der Waals surface area (Å²) < 4.78 is 15.9. The minimum absolute atomic E-state index is 0.0390. The molecular weight excluding hydrogens is 248 g/mol. The van der Waals surface area contributed by atoms with E-state index >= 15 is 0 Å². The van der Waals surface area contributed by atoms with Gasteiger partial charge in [-0.1, -0.05) is 6.07 Å². The SMILES string of the molecule is COc1ccc(/C=C/C(=O)O)cc1OCC(C)OC. The molecule has 1 aromatic rings. The number of rotatable bonds is 7. The van der Waals surface area contributed by atoms with Crippen molar-refractivity contribution in [1.29, 1.82) is 0 Å². The van der Waals surface area contributed by atoms with Gasteiger partial charge in [0.05, 0.1) is 13.2 Å². The third-order valence-corrected chi connectivity index (χ3v) is 2.48. The van der Waals surface area contributed by atoms with Gasteiger partial charge in [-0.2, -0.15) is 0 Å². The van der Waals surface area contributed by atoms with Crippen molar-refractivity contribution in [2.24, 2.45) is 0 Å². The highest BCUT2D eigenvalue weighted by molar-refractivity contribution is 5.85. The Bertz CT molecular complexity index is 453. The first-order valence-electron chi connectivity index (χ1n) is 5.81. The fraction of sp³-hybridized carbons (Fsp3) is 0.357. The van der Waals surface area contributed by atoms with Crippen molar-refractivity contribution in [3.05, 3.63) is 29.8 Å². The molecule has 0 aliphatic rings. The zero-order valence-electron chi connectivity index (χ0n) is 11.3. The van der Waals surface area contributed by atoms with E-state index in [-0.39, 0.29) is 6.10 Å². The molecule has 0 aliphatic heterocycles. The first-order valence-corrected chi connectivity index (χ1v) is 5.81. The standard InChI is InChI=1S/C14H18O5/c1-10(17-2)9-19-13-8-11(5-7-14(15)16)4-6-12(13)18-3/h4-8,10H,9H2,1-3H3,(H,15,16)/b7-5+. The molecule has 104 valence electrons. The van der Waals surface area contributed by atoms with Crippen molar-refractivity contribution in [2.45, 2.75) is 13.0 Å². The van der Waals surface area contributed by atoms with Crippen LogP contribution in [0, 0.1) is 0 Å². The minimum Gasteiger partial charge on any atom is -0.493 e. The second-order valence-electron chi connectivity index (χ2n) is 3.94. The summed E-state index contributed by atoms with van der Waals surface area (Å²) in [5.41, 5.74) is 0.725. The van der Waals surface area contributed by atoms with Crippen LogP contribution in [0.2, 0.25) is 0 Å². The number of aliphatic carboxylic acids is 1. The first kappa shape index (κ1) is 15.0. The zero-order chi connectivity index (χ0) is 14.3.